The fraction of sp³-hybridized carbons (Fsp3) is 0.833. The van der Waals surface area contributed by atoms with Crippen molar-refractivity contribution < 1.29 is 19.4 Å². The lowest BCUT2D eigenvalue weighted by molar-refractivity contribution is -0.149. The Morgan fingerprint density at radius 3 is 2.76 bits per heavy atom. The van der Waals surface area contributed by atoms with Crippen molar-refractivity contribution in [2.24, 2.45) is 5.41 Å². The first-order chi connectivity index (χ1) is 8.09. The van der Waals surface area contributed by atoms with Crippen LogP contribution in [0.3, 0.4) is 0 Å². The number of carbonyl (C=O) groups is 2. The smallest absolute Gasteiger partial charge is 0.311 e. The second-order valence-corrected chi connectivity index (χ2v) is 4.95. The summed E-state index contributed by atoms with van der Waals surface area (Å²) in [5.74, 6) is -0.818. The largest absolute Gasteiger partial charge is 0.481 e. The zero-order chi connectivity index (χ0) is 12.5. The van der Waals surface area contributed by atoms with E-state index in [1.54, 1.807) is 4.90 Å². The van der Waals surface area contributed by atoms with Crippen molar-refractivity contribution >= 4 is 11.9 Å². The van der Waals surface area contributed by atoms with Gasteiger partial charge in [0.2, 0.25) is 0 Å². The maximum Gasteiger partial charge on any atom is 0.311 e. The Bertz CT molecular complexity index is 324. The van der Waals surface area contributed by atoms with Crippen LogP contribution in [0.1, 0.15) is 32.6 Å². The van der Waals surface area contributed by atoms with Crippen LogP contribution in [0.2, 0.25) is 0 Å². The minimum absolute atomic E-state index is 0.0286. The summed E-state index contributed by atoms with van der Waals surface area (Å²) < 4.78 is 5.35. The van der Waals surface area contributed by atoms with E-state index in [4.69, 9.17) is 4.74 Å². The molecule has 0 bridgehead atoms. The van der Waals surface area contributed by atoms with Gasteiger partial charge in [0.25, 0.3) is 5.91 Å². The summed E-state index contributed by atoms with van der Waals surface area (Å²) in [6.45, 7) is 3.38. The van der Waals surface area contributed by atoms with Crippen molar-refractivity contribution in [3.63, 3.8) is 0 Å². The van der Waals surface area contributed by atoms with Gasteiger partial charge < -0.3 is 14.7 Å². The molecule has 2 aliphatic rings. The number of amides is 1. The van der Waals surface area contributed by atoms with Crippen molar-refractivity contribution in [2.75, 3.05) is 19.7 Å². The van der Waals surface area contributed by atoms with E-state index >= 15 is 0 Å². The lowest BCUT2D eigenvalue weighted by atomic mass is 9.84. The van der Waals surface area contributed by atoms with E-state index < -0.39 is 11.4 Å². The topological polar surface area (TPSA) is 66.8 Å². The minimum atomic E-state index is -0.789. The summed E-state index contributed by atoms with van der Waals surface area (Å²) in [5, 5.41) is 9.26. The molecule has 1 N–H and O–H groups in total. The predicted octanol–water partition coefficient (Wildman–Crippen LogP) is 0.879. The molecule has 2 aliphatic heterocycles. The molecule has 5 heteroatoms. The number of ether oxygens (including phenoxy) is 1. The highest BCUT2D eigenvalue weighted by molar-refractivity contribution is 5.83. The van der Waals surface area contributed by atoms with Crippen molar-refractivity contribution in [3.8, 4) is 0 Å². The first-order valence-corrected chi connectivity index (χ1v) is 6.23. The Balaban J connectivity index is 2.01. The molecule has 0 aromatic heterocycles. The number of carbonyl (C=O) groups excluding carboxylic acids is 1. The molecular formula is C12H19NO4. The third-order valence-electron chi connectivity index (χ3n) is 4.00. The van der Waals surface area contributed by atoms with Gasteiger partial charge in [-0.1, -0.05) is 6.92 Å². The van der Waals surface area contributed by atoms with Crippen molar-refractivity contribution in [2.45, 2.75) is 38.7 Å². The molecule has 0 aromatic carbocycles. The summed E-state index contributed by atoms with van der Waals surface area (Å²) in [5.41, 5.74) is -0.742. The molecule has 5 nitrogen and oxygen atoms in total. The van der Waals surface area contributed by atoms with E-state index in [0.717, 1.165) is 12.8 Å². The van der Waals surface area contributed by atoms with Gasteiger partial charge in [-0.25, -0.2) is 0 Å². The van der Waals surface area contributed by atoms with Gasteiger partial charge in [0.1, 0.15) is 6.10 Å². The Labute approximate surface area is 101 Å². The van der Waals surface area contributed by atoms with Gasteiger partial charge >= 0.3 is 5.97 Å². The van der Waals surface area contributed by atoms with E-state index in [-0.39, 0.29) is 12.0 Å². The van der Waals surface area contributed by atoms with Crippen LogP contribution in [0.15, 0.2) is 0 Å². The van der Waals surface area contributed by atoms with Gasteiger partial charge in [0, 0.05) is 19.7 Å². The maximum absolute atomic E-state index is 12.1. The Kier molecular flexibility index (Phi) is 3.38. The molecule has 17 heavy (non-hydrogen) atoms. The van der Waals surface area contributed by atoms with Gasteiger partial charge in [-0.15, -0.1) is 0 Å². The molecule has 0 aromatic rings. The van der Waals surface area contributed by atoms with Crippen LogP contribution in [0.4, 0.5) is 0 Å². The summed E-state index contributed by atoms with van der Waals surface area (Å²) in [7, 11) is 0. The van der Waals surface area contributed by atoms with Crippen LogP contribution in [-0.4, -0.2) is 47.7 Å². The van der Waals surface area contributed by atoms with E-state index in [1.807, 2.05) is 6.92 Å². The molecule has 2 fully saturated rings. The summed E-state index contributed by atoms with van der Waals surface area (Å²) in [4.78, 5) is 25.0. The molecule has 0 spiro atoms. The number of hydrogen-bond acceptors (Lipinski definition) is 3. The van der Waals surface area contributed by atoms with Gasteiger partial charge in [-0.3, -0.25) is 9.59 Å². The first kappa shape index (κ1) is 12.4. The van der Waals surface area contributed by atoms with Gasteiger partial charge in [-0.05, 0) is 25.7 Å². The molecule has 0 aliphatic carbocycles. The molecule has 2 atom stereocenters. The molecule has 2 rings (SSSR count). The number of hydrogen-bond donors (Lipinski definition) is 1. The molecule has 0 saturated carbocycles. The average molecular weight is 241 g/mol. The second-order valence-electron chi connectivity index (χ2n) is 4.95. The lowest BCUT2D eigenvalue weighted by Crippen LogP contribution is -2.40. The fourth-order valence-corrected chi connectivity index (χ4v) is 2.65. The monoisotopic (exact) mass is 241 g/mol. The van der Waals surface area contributed by atoms with Gasteiger partial charge in [0.15, 0.2) is 0 Å². The molecule has 2 saturated heterocycles. The SMILES string of the molecule is CCC1(C(=O)O)CCN(C(=O)[C@H]2CCCO2)C1. The number of carboxylic acid groups (broad SMARTS) is 1. The average Bonchev–Trinajstić information content (AvgIpc) is 2.98. The zero-order valence-corrected chi connectivity index (χ0v) is 10.1. The third kappa shape index (κ3) is 2.16. The van der Waals surface area contributed by atoms with Crippen LogP contribution in [0, 0.1) is 5.41 Å². The summed E-state index contributed by atoms with van der Waals surface area (Å²) in [6, 6.07) is 0. The highest BCUT2D eigenvalue weighted by Gasteiger charge is 2.46. The number of carboxylic acids is 1. The third-order valence-corrected chi connectivity index (χ3v) is 4.00. The molecular weight excluding hydrogens is 222 g/mol. The van der Waals surface area contributed by atoms with Crippen molar-refractivity contribution in [3.05, 3.63) is 0 Å². The lowest BCUT2D eigenvalue weighted by Gasteiger charge is -2.24. The highest BCUT2D eigenvalue weighted by Crippen LogP contribution is 2.35. The van der Waals surface area contributed by atoms with E-state index in [0.29, 0.717) is 32.5 Å². The minimum Gasteiger partial charge on any atom is -0.481 e. The molecule has 1 unspecified atom stereocenters. The molecule has 2 heterocycles. The zero-order valence-electron chi connectivity index (χ0n) is 10.1. The van der Waals surface area contributed by atoms with Crippen molar-refractivity contribution in [1.82, 2.24) is 4.90 Å². The normalized spacial score (nSPS) is 33.0. The first-order valence-electron chi connectivity index (χ1n) is 6.23. The molecule has 96 valence electrons. The fourth-order valence-electron chi connectivity index (χ4n) is 2.65. The molecule has 1 amide bonds. The summed E-state index contributed by atoms with van der Waals surface area (Å²) in [6.07, 6.45) is 2.47. The van der Waals surface area contributed by atoms with Crippen LogP contribution < -0.4 is 0 Å². The van der Waals surface area contributed by atoms with Crippen molar-refractivity contribution in [1.29, 1.82) is 0 Å². The van der Waals surface area contributed by atoms with Crippen LogP contribution in [-0.2, 0) is 14.3 Å². The van der Waals surface area contributed by atoms with Crippen LogP contribution >= 0.6 is 0 Å². The van der Waals surface area contributed by atoms with Gasteiger partial charge in [0.05, 0.1) is 5.41 Å². The maximum atomic E-state index is 12.1. The Morgan fingerprint density at radius 2 is 2.29 bits per heavy atom. The van der Waals surface area contributed by atoms with Crippen LogP contribution in [0.25, 0.3) is 0 Å². The Hall–Kier alpha value is -1.10. The Morgan fingerprint density at radius 1 is 1.53 bits per heavy atom. The number of likely N-dealkylation sites (tertiary alicyclic amines) is 1. The standard InChI is InChI=1S/C12H19NO4/c1-2-12(11(15)16)5-6-13(8-12)10(14)9-4-3-7-17-9/h9H,2-8H2,1H3,(H,15,16)/t9-,12?/m1/s1. The van der Waals surface area contributed by atoms with E-state index in [9.17, 15) is 14.7 Å². The number of rotatable bonds is 3. The van der Waals surface area contributed by atoms with Crippen LogP contribution in [0.5, 0.6) is 0 Å². The number of aliphatic carboxylic acids is 1. The van der Waals surface area contributed by atoms with Gasteiger partial charge in [-0.2, -0.15) is 0 Å². The highest BCUT2D eigenvalue weighted by atomic mass is 16.5. The molecule has 0 radical (unpaired) electrons. The quantitative estimate of drug-likeness (QED) is 0.796. The van der Waals surface area contributed by atoms with E-state index in [2.05, 4.69) is 0 Å². The summed E-state index contributed by atoms with van der Waals surface area (Å²) >= 11 is 0. The van der Waals surface area contributed by atoms with E-state index in [1.165, 1.54) is 0 Å². The predicted molar refractivity (Wildman–Crippen MR) is 60.5 cm³/mol. The second kappa shape index (κ2) is 4.64. The number of nitrogens with zero attached hydrogens (tertiary/aromatic N) is 1.